The Hall–Kier alpha value is -0.640. The normalized spacial score (nSPS) is 14.0. The summed E-state index contributed by atoms with van der Waals surface area (Å²) >= 11 is 0. The molecule has 0 saturated carbocycles. The van der Waals surface area contributed by atoms with Gasteiger partial charge in [-0.25, -0.2) is 0 Å². The summed E-state index contributed by atoms with van der Waals surface area (Å²) in [7, 11) is 0. The molecule has 0 aliphatic heterocycles. The van der Waals surface area contributed by atoms with Crippen molar-refractivity contribution in [2.75, 3.05) is 19.8 Å². The standard InChI is InChI=1S/C9H16O3/c1-2-3-4-8(5-10)9(6-11)7-12/h2-4,8-12H,1,5-7H2. The Labute approximate surface area is 72.7 Å². The van der Waals surface area contributed by atoms with E-state index in [-0.39, 0.29) is 31.7 Å². The molecular weight excluding hydrogens is 156 g/mol. The third-order valence-electron chi connectivity index (χ3n) is 1.78. The lowest BCUT2D eigenvalue weighted by Gasteiger charge is -2.17. The van der Waals surface area contributed by atoms with Gasteiger partial charge >= 0.3 is 0 Å². The van der Waals surface area contributed by atoms with Crippen LogP contribution in [0.25, 0.3) is 0 Å². The Morgan fingerprint density at radius 1 is 1.08 bits per heavy atom. The smallest absolute Gasteiger partial charge is 0.0498 e. The van der Waals surface area contributed by atoms with E-state index in [1.165, 1.54) is 0 Å². The fourth-order valence-corrected chi connectivity index (χ4v) is 0.917. The lowest BCUT2D eigenvalue weighted by molar-refractivity contribution is 0.0933. The van der Waals surface area contributed by atoms with Crippen LogP contribution in [0.5, 0.6) is 0 Å². The first-order chi connectivity index (χ1) is 5.79. The molecule has 0 fully saturated rings. The van der Waals surface area contributed by atoms with Crippen molar-refractivity contribution in [3.05, 3.63) is 24.8 Å². The predicted molar refractivity (Wildman–Crippen MR) is 47.6 cm³/mol. The molecule has 12 heavy (non-hydrogen) atoms. The van der Waals surface area contributed by atoms with Crippen LogP contribution in [0.1, 0.15) is 0 Å². The van der Waals surface area contributed by atoms with Crippen LogP contribution in [0.2, 0.25) is 0 Å². The highest BCUT2D eigenvalue weighted by Gasteiger charge is 2.15. The molecule has 0 rings (SSSR count). The zero-order valence-electron chi connectivity index (χ0n) is 7.06. The van der Waals surface area contributed by atoms with E-state index in [0.29, 0.717) is 0 Å². The van der Waals surface area contributed by atoms with Crippen LogP contribution in [-0.4, -0.2) is 35.1 Å². The van der Waals surface area contributed by atoms with Gasteiger partial charge in [0, 0.05) is 31.7 Å². The van der Waals surface area contributed by atoms with Crippen LogP contribution < -0.4 is 0 Å². The van der Waals surface area contributed by atoms with Crippen molar-refractivity contribution in [2.24, 2.45) is 11.8 Å². The second-order valence-electron chi connectivity index (χ2n) is 2.59. The third kappa shape index (κ3) is 3.67. The van der Waals surface area contributed by atoms with E-state index in [4.69, 9.17) is 15.3 Å². The van der Waals surface area contributed by atoms with Crippen molar-refractivity contribution < 1.29 is 15.3 Å². The van der Waals surface area contributed by atoms with Gasteiger partial charge in [-0.3, -0.25) is 0 Å². The highest BCUT2D eigenvalue weighted by atomic mass is 16.3. The van der Waals surface area contributed by atoms with E-state index in [1.807, 2.05) is 0 Å². The van der Waals surface area contributed by atoms with Crippen molar-refractivity contribution in [1.82, 2.24) is 0 Å². The first-order valence-corrected chi connectivity index (χ1v) is 3.92. The molecule has 0 aliphatic rings. The summed E-state index contributed by atoms with van der Waals surface area (Å²) in [6, 6.07) is 0. The van der Waals surface area contributed by atoms with Crippen LogP contribution in [0.3, 0.4) is 0 Å². The Morgan fingerprint density at radius 3 is 2.00 bits per heavy atom. The average molecular weight is 172 g/mol. The van der Waals surface area contributed by atoms with Gasteiger partial charge in [0.2, 0.25) is 0 Å². The molecule has 0 aliphatic carbocycles. The summed E-state index contributed by atoms with van der Waals surface area (Å²) in [5.74, 6) is -0.482. The zero-order chi connectivity index (χ0) is 9.40. The van der Waals surface area contributed by atoms with E-state index < -0.39 is 0 Å². The number of hydrogen-bond donors (Lipinski definition) is 3. The van der Waals surface area contributed by atoms with Crippen LogP contribution in [0, 0.1) is 11.8 Å². The Morgan fingerprint density at radius 2 is 1.67 bits per heavy atom. The maximum absolute atomic E-state index is 8.88. The number of hydrogen-bond acceptors (Lipinski definition) is 3. The summed E-state index contributed by atoms with van der Waals surface area (Å²) in [5.41, 5.74) is 0. The molecular formula is C9H16O3. The molecule has 3 heteroatoms. The third-order valence-corrected chi connectivity index (χ3v) is 1.78. The van der Waals surface area contributed by atoms with Gasteiger partial charge in [0.05, 0.1) is 0 Å². The summed E-state index contributed by atoms with van der Waals surface area (Å²) < 4.78 is 0. The van der Waals surface area contributed by atoms with Crippen molar-refractivity contribution in [1.29, 1.82) is 0 Å². The first kappa shape index (κ1) is 11.4. The molecule has 1 atom stereocenters. The molecule has 1 unspecified atom stereocenters. The molecule has 0 amide bonds. The maximum atomic E-state index is 8.88. The van der Waals surface area contributed by atoms with E-state index in [0.717, 1.165) is 0 Å². The zero-order valence-corrected chi connectivity index (χ0v) is 7.06. The largest absolute Gasteiger partial charge is 0.396 e. The second kappa shape index (κ2) is 7.03. The fraction of sp³-hybridized carbons (Fsp3) is 0.556. The molecule has 0 aromatic carbocycles. The molecule has 0 aromatic rings. The highest BCUT2D eigenvalue weighted by Crippen LogP contribution is 2.11. The Bertz CT molecular complexity index is 139. The minimum Gasteiger partial charge on any atom is -0.396 e. The van der Waals surface area contributed by atoms with Crippen molar-refractivity contribution in [3.63, 3.8) is 0 Å². The van der Waals surface area contributed by atoms with Gasteiger partial charge in [-0.15, -0.1) is 0 Å². The topological polar surface area (TPSA) is 60.7 Å². The SMILES string of the molecule is C=CC=CC(CO)C(CO)CO. The molecule has 0 bridgehead atoms. The van der Waals surface area contributed by atoms with Crippen LogP contribution >= 0.6 is 0 Å². The average Bonchev–Trinajstić information content (AvgIpc) is 2.12. The molecule has 0 radical (unpaired) electrons. The highest BCUT2D eigenvalue weighted by molar-refractivity contribution is 5.01. The van der Waals surface area contributed by atoms with Crippen molar-refractivity contribution >= 4 is 0 Å². The van der Waals surface area contributed by atoms with Gasteiger partial charge in [0.25, 0.3) is 0 Å². The lowest BCUT2D eigenvalue weighted by Crippen LogP contribution is -2.23. The molecule has 3 nitrogen and oxygen atoms in total. The minimum absolute atomic E-state index is 0.0733. The van der Waals surface area contributed by atoms with E-state index in [1.54, 1.807) is 18.2 Å². The van der Waals surface area contributed by atoms with Gasteiger partial charge in [-0.2, -0.15) is 0 Å². The van der Waals surface area contributed by atoms with Crippen molar-refractivity contribution in [2.45, 2.75) is 0 Å². The van der Waals surface area contributed by atoms with Crippen LogP contribution in [-0.2, 0) is 0 Å². The summed E-state index contributed by atoms with van der Waals surface area (Å²) in [6.07, 6.45) is 5.01. The van der Waals surface area contributed by atoms with E-state index in [2.05, 4.69) is 6.58 Å². The monoisotopic (exact) mass is 172 g/mol. The quantitative estimate of drug-likeness (QED) is 0.492. The molecule has 0 heterocycles. The molecule has 0 spiro atoms. The second-order valence-corrected chi connectivity index (χ2v) is 2.59. The maximum Gasteiger partial charge on any atom is 0.0498 e. The van der Waals surface area contributed by atoms with E-state index >= 15 is 0 Å². The van der Waals surface area contributed by atoms with Crippen molar-refractivity contribution in [3.8, 4) is 0 Å². The fourth-order valence-electron chi connectivity index (χ4n) is 0.917. The number of aliphatic hydroxyl groups is 3. The van der Waals surface area contributed by atoms with Gasteiger partial charge in [-0.05, 0) is 0 Å². The molecule has 3 N–H and O–H groups in total. The van der Waals surface area contributed by atoms with Gasteiger partial charge in [0.1, 0.15) is 0 Å². The van der Waals surface area contributed by atoms with Gasteiger partial charge in [0.15, 0.2) is 0 Å². The minimum atomic E-state index is -0.286. The van der Waals surface area contributed by atoms with Crippen LogP contribution in [0.15, 0.2) is 24.8 Å². The van der Waals surface area contributed by atoms with Crippen LogP contribution in [0.4, 0.5) is 0 Å². The first-order valence-electron chi connectivity index (χ1n) is 3.92. The van der Waals surface area contributed by atoms with E-state index in [9.17, 15) is 0 Å². The molecule has 0 saturated heterocycles. The molecule has 0 aromatic heterocycles. The predicted octanol–water partition coefficient (Wildman–Crippen LogP) is -0.0621. The number of allylic oxidation sites excluding steroid dienone is 2. The molecule has 70 valence electrons. The summed E-state index contributed by atoms with van der Waals surface area (Å²) in [6.45, 7) is 3.17. The Kier molecular flexibility index (Phi) is 6.66. The van der Waals surface area contributed by atoms with Gasteiger partial charge in [-0.1, -0.05) is 24.8 Å². The lowest BCUT2D eigenvalue weighted by atomic mass is 9.94. The summed E-state index contributed by atoms with van der Waals surface area (Å²) in [4.78, 5) is 0. The van der Waals surface area contributed by atoms with Gasteiger partial charge < -0.3 is 15.3 Å². The number of rotatable bonds is 6. The Balaban J connectivity index is 4.09. The summed E-state index contributed by atoms with van der Waals surface area (Å²) in [5, 5.41) is 26.5. The number of aliphatic hydroxyl groups excluding tert-OH is 3.